The first-order valence-corrected chi connectivity index (χ1v) is 6.10. The molecule has 10 heteroatoms. The van der Waals surface area contributed by atoms with Crippen LogP contribution in [0.4, 0.5) is 0 Å². The van der Waals surface area contributed by atoms with Gasteiger partial charge >= 0.3 is 11.9 Å². The second kappa shape index (κ2) is 8.87. The Bertz CT molecular complexity index is 413. The third-order valence-electron chi connectivity index (χ3n) is 2.55. The lowest BCUT2D eigenvalue weighted by Crippen LogP contribution is -2.55. The Labute approximate surface area is 120 Å². The van der Waals surface area contributed by atoms with E-state index in [0.717, 1.165) is 0 Å². The molecule has 0 aromatic carbocycles. The van der Waals surface area contributed by atoms with Crippen LogP contribution in [0.25, 0.3) is 0 Å². The Balaban J connectivity index is 4.47. The van der Waals surface area contributed by atoms with Gasteiger partial charge in [0.25, 0.3) is 0 Å². The molecule has 0 aliphatic rings. The van der Waals surface area contributed by atoms with E-state index in [1.807, 2.05) is 0 Å². The van der Waals surface area contributed by atoms with Gasteiger partial charge in [0, 0.05) is 6.42 Å². The molecule has 3 atom stereocenters. The highest BCUT2D eigenvalue weighted by molar-refractivity contribution is 5.91. The van der Waals surface area contributed by atoms with Gasteiger partial charge in [-0.1, -0.05) is 0 Å². The van der Waals surface area contributed by atoms with Crippen molar-refractivity contribution in [2.45, 2.75) is 37.9 Å². The van der Waals surface area contributed by atoms with Gasteiger partial charge in [0.15, 0.2) is 0 Å². The summed E-state index contributed by atoms with van der Waals surface area (Å²) in [7, 11) is 0. The first-order chi connectivity index (χ1) is 9.68. The predicted octanol–water partition coefficient (Wildman–Crippen LogP) is -2.76. The number of rotatable bonds is 9. The van der Waals surface area contributed by atoms with Crippen LogP contribution in [-0.2, 0) is 19.2 Å². The standard InChI is InChI=1S/C11H19N3O7/c1-5(11(20)21)13-10(19)7(4-15)14-9(18)6(12)2-3-8(16)17/h5-7,15H,2-4,12H2,1H3,(H,13,19)(H,14,18)(H,16,17)(H,20,21). The van der Waals surface area contributed by atoms with Gasteiger partial charge in [0.05, 0.1) is 12.6 Å². The zero-order chi connectivity index (χ0) is 16.6. The normalized spacial score (nSPS) is 14.6. The van der Waals surface area contributed by atoms with E-state index in [0.29, 0.717) is 0 Å². The van der Waals surface area contributed by atoms with Crippen molar-refractivity contribution in [3.8, 4) is 0 Å². The van der Waals surface area contributed by atoms with Gasteiger partial charge in [-0.25, -0.2) is 0 Å². The number of nitrogens with one attached hydrogen (secondary N) is 2. The number of carboxylic acid groups (broad SMARTS) is 2. The minimum absolute atomic E-state index is 0.132. The molecule has 0 aliphatic heterocycles. The fraction of sp³-hybridized carbons (Fsp3) is 0.636. The molecule has 2 amide bonds. The smallest absolute Gasteiger partial charge is 0.325 e. The predicted molar refractivity (Wildman–Crippen MR) is 69.1 cm³/mol. The molecule has 0 fully saturated rings. The monoisotopic (exact) mass is 305 g/mol. The summed E-state index contributed by atoms with van der Waals surface area (Å²) in [4.78, 5) is 44.2. The summed E-state index contributed by atoms with van der Waals surface area (Å²) in [6.45, 7) is 0.463. The fourth-order valence-corrected chi connectivity index (χ4v) is 1.26. The Hall–Kier alpha value is -2.20. The highest BCUT2D eigenvalue weighted by Gasteiger charge is 2.25. The summed E-state index contributed by atoms with van der Waals surface area (Å²) < 4.78 is 0. The van der Waals surface area contributed by atoms with Crippen LogP contribution in [-0.4, -0.2) is 63.8 Å². The van der Waals surface area contributed by atoms with Crippen LogP contribution in [0.5, 0.6) is 0 Å². The fourth-order valence-electron chi connectivity index (χ4n) is 1.26. The van der Waals surface area contributed by atoms with E-state index in [1.165, 1.54) is 6.92 Å². The van der Waals surface area contributed by atoms with Gasteiger partial charge < -0.3 is 31.7 Å². The van der Waals surface area contributed by atoms with E-state index >= 15 is 0 Å². The van der Waals surface area contributed by atoms with Gasteiger partial charge in [0.1, 0.15) is 12.1 Å². The van der Waals surface area contributed by atoms with Gasteiger partial charge in [-0.05, 0) is 13.3 Å². The first kappa shape index (κ1) is 18.8. The molecule has 0 aromatic rings. The quantitative estimate of drug-likeness (QED) is 0.265. The Morgan fingerprint density at radius 3 is 2.10 bits per heavy atom. The maximum atomic E-state index is 11.6. The van der Waals surface area contributed by atoms with Gasteiger partial charge in [-0.15, -0.1) is 0 Å². The Morgan fingerprint density at radius 2 is 1.67 bits per heavy atom. The van der Waals surface area contributed by atoms with E-state index < -0.39 is 48.5 Å². The van der Waals surface area contributed by atoms with E-state index in [2.05, 4.69) is 10.6 Å². The molecule has 0 saturated heterocycles. The van der Waals surface area contributed by atoms with Crippen molar-refractivity contribution >= 4 is 23.8 Å². The van der Waals surface area contributed by atoms with Crippen molar-refractivity contribution in [3.63, 3.8) is 0 Å². The molecule has 0 aromatic heterocycles. The van der Waals surface area contributed by atoms with Crippen molar-refractivity contribution in [1.29, 1.82) is 0 Å². The molecule has 21 heavy (non-hydrogen) atoms. The minimum atomic E-state index is -1.37. The summed E-state index contributed by atoms with van der Waals surface area (Å²) in [6.07, 6.45) is -0.451. The lowest BCUT2D eigenvalue weighted by molar-refractivity contribution is -0.142. The Morgan fingerprint density at radius 1 is 1.10 bits per heavy atom. The van der Waals surface area contributed by atoms with Gasteiger partial charge in [-0.3, -0.25) is 19.2 Å². The van der Waals surface area contributed by atoms with Crippen LogP contribution in [0.3, 0.4) is 0 Å². The molecular formula is C11H19N3O7. The molecule has 0 radical (unpaired) electrons. The third-order valence-corrected chi connectivity index (χ3v) is 2.55. The maximum Gasteiger partial charge on any atom is 0.325 e. The molecule has 3 unspecified atom stereocenters. The van der Waals surface area contributed by atoms with Crippen molar-refractivity contribution < 1.29 is 34.5 Å². The largest absolute Gasteiger partial charge is 0.481 e. The zero-order valence-electron chi connectivity index (χ0n) is 11.4. The number of aliphatic hydroxyl groups excluding tert-OH is 1. The van der Waals surface area contributed by atoms with Crippen LogP contribution in [0.2, 0.25) is 0 Å². The molecule has 0 saturated carbocycles. The topological polar surface area (TPSA) is 179 Å². The highest BCUT2D eigenvalue weighted by Crippen LogP contribution is 1.96. The van der Waals surface area contributed by atoms with E-state index in [1.54, 1.807) is 0 Å². The minimum Gasteiger partial charge on any atom is -0.481 e. The van der Waals surface area contributed by atoms with Crippen molar-refractivity contribution in [2.24, 2.45) is 5.73 Å². The lowest BCUT2D eigenvalue weighted by atomic mass is 10.1. The highest BCUT2D eigenvalue weighted by atomic mass is 16.4. The number of nitrogens with two attached hydrogens (primary N) is 1. The second-order valence-electron chi connectivity index (χ2n) is 4.35. The van der Waals surface area contributed by atoms with E-state index in [-0.39, 0.29) is 12.8 Å². The van der Waals surface area contributed by atoms with Gasteiger partial charge in [-0.2, -0.15) is 0 Å². The number of hydrogen-bond donors (Lipinski definition) is 6. The molecular weight excluding hydrogens is 286 g/mol. The average molecular weight is 305 g/mol. The van der Waals surface area contributed by atoms with Crippen LogP contribution in [0, 0.1) is 0 Å². The number of carbonyl (C=O) groups excluding carboxylic acids is 2. The maximum absolute atomic E-state index is 11.6. The van der Waals surface area contributed by atoms with Crippen molar-refractivity contribution in [1.82, 2.24) is 10.6 Å². The SMILES string of the molecule is CC(NC(=O)C(CO)NC(=O)C(N)CCC(=O)O)C(=O)O. The van der Waals surface area contributed by atoms with Crippen molar-refractivity contribution in [2.75, 3.05) is 6.61 Å². The van der Waals surface area contributed by atoms with Crippen LogP contribution >= 0.6 is 0 Å². The number of aliphatic hydroxyl groups is 1. The zero-order valence-corrected chi connectivity index (χ0v) is 11.4. The Kier molecular flexibility index (Phi) is 7.94. The lowest BCUT2D eigenvalue weighted by Gasteiger charge is -2.19. The molecule has 0 rings (SSSR count). The summed E-state index contributed by atoms with van der Waals surface area (Å²) >= 11 is 0. The second-order valence-corrected chi connectivity index (χ2v) is 4.35. The van der Waals surface area contributed by atoms with Crippen LogP contribution < -0.4 is 16.4 Å². The third kappa shape index (κ3) is 7.22. The summed E-state index contributed by atoms with van der Waals surface area (Å²) in [5.74, 6) is -4.09. The number of carbonyl (C=O) groups is 4. The molecule has 120 valence electrons. The van der Waals surface area contributed by atoms with Crippen LogP contribution in [0.1, 0.15) is 19.8 Å². The summed E-state index contributed by atoms with van der Waals surface area (Å²) in [6, 6.07) is -3.71. The number of hydrogen-bond acceptors (Lipinski definition) is 6. The number of aliphatic carboxylic acids is 2. The van der Waals surface area contributed by atoms with E-state index in [4.69, 9.17) is 21.1 Å². The molecule has 0 spiro atoms. The molecule has 0 heterocycles. The molecule has 0 bridgehead atoms. The first-order valence-electron chi connectivity index (χ1n) is 6.10. The average Bonchev–Trinajstić information content (AvgIpc) is 2.41. The molecule has 10 nitrogen and oxygen atoms in total. The summed E-state index contributed by atoms with van der Waals surface area (Å²) in [5.41, 5.74) is 5.44. The van der Waals surface area contributed by atoms with Crippen LogP contribution in [0.15, 0.2) is 0 Å². The number of amides is 2. The summed E-state index contributed by atoms with van der Waals surface area (Å²) in [5, 5.41) is 30.3. The molecule has 0 aliphatic carbocycles. The molecule has 7 N–H and O–H groups in total. The number of carboxylic acids is 2. The van der Waals surface area contributed by atoms with Crippen molar-refractivity contribution in [3.05, 3.63) is 0 Å². The van der Waals surface area contributed by atoms with E-state index in [9.17, 15) is 19.2 Å². The van der Waals surface area contributed by atoms with Gasteiger partial charge in [0.2, 0.25) is 11.8 Å².